The summed E-state index contributed by atoms with van der Waals surface area (Å²) in [5, 5.41) is 1.77. The van der Waals surface area contributed by atoms with Gasteiger partial charge >= 0.3 is 0 Å². The molecule has 1 saturated heterocycles. The molecule has 0 radical (unpaired) electrons. The van der Waals surface area contributed by atoms with Crippen LogP contribution in [-0.4, -0.2) is 19.2 Å². The van der Waals surface area contributed by atoms with Crippen molar-refractivity contribution < 1.29 is 9.53 Å². The van der Waals surface area contributed by atoms with Crippen LogP contribution in [0.4, 0.5) is 5.69 Å². The van der Waals surface area contributed by atoms with E-state index in [0.29, 0.717) is 0 Å². The molecule has 1 unspecified atom stereocenters. The van der Waals surface area contributed by atoms with Crippen LogP contribution >= 0.6 is 0 Å². The van der Waals surface area contributed by atoms with Gasteiger partial charge in [-0.25, -0.2) is 0 Å². The molecule has 1 N–H and O–H groups in total. The van der Waals surface area contributed by atoms with Gasteiger partial charge in [0, 0.05) is 7.11 Å². The van der Waals surface area contributed by atoms with Crippen LogP contribution in [-0.2, 0) is 9.53 Å². The van der Waals surface area contributed by atoms with Crippen LogP contribution in [0.3, 0.4) is 0 Å². The number of nitrogens with zero attached hydrogens (tertiary/aromatic N) is 1. The second-order valence-corrected chi connectivity index (χ2v) is 4.46. The van der Waals surface area contributed by atoms with Gasteiger partial charge in [0.15, 0.2) is 6.23 Å². The van der Waals surface area contributed by atoms with Gasteiger partial charge in [-0.1, -0.05) is 18.2 Å². The van der Waals surface area contributed by atoms with Crippen LogP contribution in [0.15, 0.2) is 30.3 Å². The fraction of sp³-hybridized carbons (Fsp3) is 0.417. The number of amides is 1. The summed E-state index contributed by atoms with van der Waals surface area (Å²) in [5.41, 5.74) is 3.20. The van der Waals surface area contributed by atoms with Crippen molar-refractivity contribution in [1.82, 2.24) is 5.43 Å². The number of nitrogens with one attached hydrogen (secondary N) is 1. The molecule has 0 aromatic heterocycles. The number of ether oxygens (including phenoxy) is 1. The van der Waals surface area contributed by atoms with E-state index in [0.717, 1.165) is 5.69 Å². The Morgan fingerprint density at radius 2 is 1.94 bits per heavy atom. The molecule has 1 heterocycles. The number of methoxy groups -OCH3 is 1. The quantitative estimate of drug-likeness (QED) is 0.822. The minimum atomic E-state index is -0.551. The molecule has 16 heavy (non-hydrogen) atoms. The molecule has 1 aromatic carbocycles. The van der Waals surface area contributed by atoms with Gasteiger partial charge in [-0.3, -0.25) is 15.2 Å². The van der Waals surface area contributed by atoms with E-state index in [4.69, 9.17) is 4.74 Å². The third kappa shape index (κ3) is 1.55. The normalized spacial score (nSPS) is 23.3. The lowest BCUT2D eigenvalue weighted by atomic mass is 9.91. The molecule has 1 aromatic rings. The van der Waals surface area contributed by atoms with E-state index in [9.17, 15) is 4.79 Å². The Bertz CT molecular complexity index is 389. The first-order valence-corrected chi connectivity index (χ1v) is 5.25. The number of hydrogen-bond acceptors (Lipinski definition) is 3. The predicted octanol–water partition coefficient (Wildman–Crippen LogP) is 1.54. The third-order valence-electron chi connectivity index (χ3n) is 2.92. The molecule has 1 amide bonds. The van der Waals surface area contributed by atoms with E-state index in [1.807, 2.05) is 44.2 Å². The SMILES string of the molecule is COC1N(c2ccccc2)NC(=O)C1(C)C. The highest BCUT2D eigenvalue weighted by Gasteiger charge is 2.48. The summed E-state index contributed by atoms with van der Waals surface area (Å²) >= 11 is 0. The summed E-state index contributed by atoms with van der Waals surface area (Å²) in [4.78, 5) is 11.8. The molecule has 1 aliphatic rings. The Balaban J connectivity index is 2.34. The van der Waals surface area contributed by atoms with Gasteiger partial charge in [-0.2, -0.15) is 0 Å². The highest BCUT2D eigenvalue weighted by atomic mass is 16.5. The lowest BCUT2D eigenvalue weighted by Crippen LogP contribution is -2.41. The van der Waals surface area contributed by atoms with Gasteiger partial charge in [0.1, 0.15) is 0 Å². The lowest BCUT2D eigenvalue weighted by molar-refractivity contribution is -0.129. The molecule has 4 heteroatoms. The largest absolute Gasteiger partial charge is 0.359 e. The zero-order valence-corrected chi connectivity index (χ0v) is 9.73. The average molecular weight is 220 g/mol. The summed E-state index contributed by atoms with van der Waals surface area (Å²) in [7, 11) is 1.61. The van der Waals surface area contributed by atoms with Gasteiger partial charge in [0.05, 0.1) is 11.1 Å². The summed E-state index contributed by atoms with van der Waals surface area (Å²) < 4.78 is 5.41. The van der Waals surface area contributed by atoms with Crippen LogP contribution in [0.5, 0.6) is 0 Å². The van der Waals surface area contributed by atoms with Gasteiger partial charge in [0.25, 0.3) is 0 Å². The van der Waals surface area contributed by atoms with Crippen molar-refractivity contribution in [2.75, 3.05) is 12.1 Å². The van der Waals surface area contributed by atoms with Crippen LogP contribution in [0, 0.1) is 5.41 Å². The maximum absolute atomic E-state index is 11.8. The van der Waals surface area contributed by atoms with Crippen molar-refractivity contribution in [2.24, 2.45) is 5.41 Å². The predicted molar refractivity (Wildman–Crippen MR) is 61.6 cm³/mol. The van der Waals surface area contributed by atoms with Crippen LogP contribution in [0.1, 0.15) is 13.8 Å². The zero-order chi connectivity index (χ0) is 11.8. The maximum Gasteiger partial charge on any atom is 0.248 e. The number of anilines is 1. The number of rotatable bonds is 2. The fourth-order valence-electron chi connectivity index (χ4n) is 1.94. The first-order chi connectivity index (χ1) is 7.57. The van der Waals surface area contributed by atoms with E-state index in [1.54, 1.807) is 12.1 Å². The topological polar surface area (TPSA) is 41.6 Å². The van der Waals surface area contributed by atoms with Crippen molar-refractivity contribution in [3.63, 3.8) is 0 Å². The highest BCUT2D eigenvalue weighted by molar-refractivity contribution is 5.87. The van der Waals surface area contributed by atoms with Crippen molar-refractivity contribution >= 4 is 11.6 Å². The van der Waals surface area contributed by atoms with Crippen molar-refractivity contribution in [1.29, 1.82) is 0 Å². The Morgan fingerprint density at radius 3 is 2.50 bits per heavy atom. The molecule has 1 fully saturated rings. The van der Waals surface area contributed by atoms with Gasteiger partial charge in [0.2, 0.25) is 5.91 Å². The summed E-state index contributed by atoms with van der Waals surface area (Å²) in [6.07, 6.45) is -0.289. The number of carbonyl (C=O) groups is 1. The molecule has 1 atom stereocenters. The number of hydrazine groups is 1. The summed E-state index contributed by atoms with van der Waals surface area (Å²) in [6, 6.07) is 9.68. The number of hydrogen-bond donors (Lipinski definition) is 1. The molecular weight excluding hydrogens is 204 g/mol. The highest BCUT2D eigenvalue weighted by Crippen LogP contribution is 2.33. The Kier molecular flexibility index (Phi) is 2.59. The molecule has 0 spiro atoms. The first-order valence-electron chi connectivity index (χ1n) is 5.25. The summed E-state index contributed by atoms with van der Waals surface area (Å²) in [6.45, 7) is 3.75. The standard InChI is InChI=1S/C12H16N2O2/c1-12(2)10(15)13-14(11(12)16-3)9-7-5-4-6-8-9/h4-8,11H,1-3H3,(H,13,15). The van der Waals surface area contributed by atoms with E-state index >= 15 is 0 Å². The first kappa shape index (κ1) is 11.0. The molecule has 0 aliphatic carbocycles. The number of benzene rings is 1. The molecule has 2 rings (SSSR count). The fourth-order valence-corrected chi connectivity index (χ4v) is 1.94. The number of para-hydroxylation sites is 1. The van der Waals surface area contributed by atoms with E-state index in [-0.39, 0.29) is 12.1 Å². The van der Waals surface area contributed by atoms with E-state index < -0.39 is 5.41 Å². The Hall–Kier alpha value is -1.55. The molecule has 1 aliphatic heterocycles. The molecule has 86 valence electrons. The van der Waals surface area contributed by atoms with E-state index in [2.05, 4.69) is 5.43 Å². The third-order valence-corrected chi connectivity index (χ3v) is 2.92. The molecular formula is C12H16N2O2. The smallest absolute Gasteiger partial charge is 0.248 e. The van der Waals surface area contributed by atoms with Gasteiger partial charge in [-0.05, 0) is 26.0 Å². The van der Waals surface area contributed by atoms with Gasteiger partial charge in [-0.15, -0.1) is 0 Å². The zero-order valence-electron chi connectivity index (χ0n) is 9.73. The monoisotopic (exact) mass is 220 g/mol. The summed E-state index contributed by atoms with van der Waals surface area (Å²) in [5.74, 6) is -0.0248. The second-order valence-electron chi connectivity index (χ2n) is 4.46. The Morgan fingerprint density at radius 1 is 1.31 bits per heavy atom. The molecule has 4 nitrogen and oxygen atoms in total. The minimum Gasteiger partial charge on any atom is -0.359 e. The maximum atomic E-state index is 11.8. The van der Waals surface area contributed by atoms with Crippen LogP contribution in [0.25, 0.3) is 0 Å². The van der Waals surface area contributed by atoms with Crippen molar-refractivity contribution in [3.8, 4) is 0 Å². The van der Waals surface area contributed by atoms with Crippen molar-refractivity contribution in [3.05, 3.63) is 30.3 Å². The van der Waals surface area contributed by atoms with Crippen LogP contribution in [0.2, 0.25) is 0 Å². The minimum absolute atomic E-state index is 0.0248. The average Bonchev–Trinajstić information content (AvgIpc) is 2.51. The number of carbonyl (C=O) groups excluding carboxylic acids is 1. The Labute approximate surface area is 95.2 Å². The van der Waals surface area contributed by atoms with Crippen LogP contribution < -0.4 is 10.4 Å². The van der Waals surface area contributed by atoms with Gasteiger partial charge < -0.3 is 4.74 Å². The lowest BCUT2D eigenvalue weighted by Gasteiger charge is -2.29. The second kappa shape index (κ2) is 3.79. The molecule has 0 bridgehead atoms. The van der Waals surface area contributed by atoms with E-state index in [1.165, 1.54) is 0 Å². The molecule has 0 saturated carbocycles. The van der Waals surface area contributed by atoms with Crippen molar-refractivity contribution in [2.45, 2.75) is 20.1 Å².